The minimum absolute atomic E-state index is 0.0112. The molecule has 0 aliphatic carbocycles. The summed E-state index contributed by atoms with van der Waals surface area (Å²) in [6.07, 6.45) is 1.81. The standard InChI is InChI=1S/C22H27ClN4O3S3/c1-25(2)11-5-12-27(22-24-20-17(23)6-3-7-18(20)32-22)21(28)16-9-13-26(14-10-16)33(29,30)19-8-4-15-31-19/h3-4,6-8,15-16H,5,9-14H2,1-2H3. The average Bonchev–Trinajstić information content (AvgIpc) is 3.47. The van der Waals surface area contributed by atoms with E-state index in [9.17, 15) is 13.2 Å². The number of sulfonamides is 1. The topological polar surface area (TPSA) is 73.8 Å². The Labute approximate surface area is 207 Å². The SMILES string of the molecule is CN(C)CCCN(C(=O)C1CCN(S(=O)(=O)c2cccs2)CC1)c1nc2c(Cl)cccc2s1. The number of carbonyl (C=O) groups excluding carboxylic acids is 1. The first kappa shape index (κ1) is 24.6. The smallest absolute Gasteiger partial charge is 0.252 e. The molecule has 7 nitrogen and oxygen atoms in total. The monoisotopic (exact) mass is 526 g/mol. The van der Waals surface area contributed by atoms with Crippen LogP contribution in [0.2, 0.25) is 5.02 Å². The molecule has 0 unspecified atom stereocenters. The van der Waals surface area contributed by atoms with Gasteiger partial charge in [0, 0.05) is 25.6 Å². The largest absolute Gasteiger partial charge is 0.309 e. The van der Waals surface area contributed by atoms with Gasteiger partial charge in [-0.05, 0) is 63.5 Å². The van der Waals surface area contributed by atoms with Crippen LogP contribution in [0, 0.1) is 5.92 Å². The summed E-state index contributed by atoms with van der Waals surface area (Å²) in [5.74, 6) is -0.223. The van der Waals surface area contributed by atoms with E-state index in [0.29, 0.717) is 52.4 Å². The van der Waals surface area contributed by atoms with Gasteiger partial charge in [-0.25, -0.2) is 13.4 Å². The summed E-state index contributed by atoms with van der Waals surface area (Å²) in [6, 6.07) is 9.01. The fourth-order valence-electron chi connectivity index (χ4n) is 3.96. The van der Waals surface area contributed by atoms with Crippen molar-refractivity contribution < 1.29 is 13.2 Å². The Kier molecular flexibility index (Phi) is 7.72. The van der Waals surface area contributed by atoms with Crippen LogP contribution in [-0.2, 0) is 14.8 Å². The molecule has 1 amide bonds. The van der Waals surface area contributed by atoms with Gasteiger partial charge in [-0.3, -0.25) is 9.69 Å². The van der Waals surface area contributed by atoms with Crippen molar-refractivity contribution in [2.24, 2.45) is 5.92 Å². The number of benzene rings is 1. The van der Waals surface area contributed by atoms with E-state index < -0.39 is 10.0 Å². The highest BCUT2D eigenvalue weighted by Crippen LogP contribution is 2.35. The third kappa shape index (κ3) is 5.41. The molecule has 2 aromatic heterocycles. The molecule has 1 aromatic carbocycles. The Hall–Kier alpha value is -1.56. The molecule has 1 aliphatic rings. The van der Waals surface area contributed by atoms with E-state index in [4.69, 9.17) is 11.6 Å². The summed E-state index contributed by atoms with van der Waals surface area (Å²) in [4.78, 5) is 22.2. The van der Waals surface area contributed by atoms with Gasteiger partial charge in [0.1, 0.15) is 9.73 Å². The second-order valence-corrected chi connectivity index (χ2v) is 12.9. The van der Waals surface area contributed by atoms with E-state index >= 15 is 0 Å². The van der Waals surface area contributed by atoms with E-state index in [0.717, 1.165) is 17.7 Å². The van der Waals surface area contributed by atoms with Crippen molar-refractivity contribution in [1.82, 2.24) is 14.2 Å². The third-order valence-electron chi connectivity index (χ3n) is 5.73. The molecule has 0 N–H and O–H groups in total. The quantitative estimate of drug-likeness (QED) is 0.435. The normalized spacial score (nSPS) is 16.0. The number of piperidine rings is 1. The molecule has 0 atom stereocenters. The molecule has 0 saturated carbocycles. The highest BCUT2D eigenvalue weighted by atomic mass is 35.5. The number of fused-ring (bicyclic) bond motifs is 1. The number of hydrogen-bond donors (Lipinski definition) is 0. The van der Waals surface area contributed by atoms with Crippen molar-refractivity contribution >= 4 is 65.6 Å². The van der Waals surface area contributed by atoms with E-state index in [1.807, 2.05) is 26.2 Å². The molecule has 1 fully saturated rings. The van der Waals surface area contributed by atoms with Crippen LogP contribution < -0.4 is 4.90 Å². The van der Waals surface area contributed by atoms with Crippen LogP contribution >= 0.6 is 34.3 Å². The molecule has 1 aliphatic heterocycles. The number of thiophene rings is 1. The zero-order chi connectivity index (χ0) is 23.6. The molecule has 33 heavy (non-hydrogen) atoms. The van der Waals surface area contributed by atoms with Gasteiger partial charge in [0.2, 0.25) is 5.91 Å². The number of rotatable bonds is 8. The minimum atomic E-state index is -3.49. The maximum absolute atomic E-state index is 13.6. The predicted molar refractivity (Wildman–Crippen MR) is 136 cm³/mol. The zero-order valence-electron chi connectivity index (χ0n) is 18.6. The minimum Gasteiger partial charge on any atom is -0.309 e. The molecular weight excluding hydrogens is 500 g/mol. The first-order valence-corrected chi connectivity index (χ1v) is 14.3. The fraction of sp³-hybridized carbons (Fsp3) is 0.455. The van der Waals surface area contributed by atoms with Crippen LogP contribution in [0.25, 0.3) is 10.2 Å². The van der Waals surface area contributed by atoms with Crippen LogP contribution in [0.15, 0.2) is 39.9 Å². The van der Waals surface area contributed by atoms with Crippen molar-refractivity contribution in [3.8, 4) is 0 Å². The highest BCUT2D eigenvalue weighted by molar-refractivity contribution is 7.91. The first-order valence-electron chi connectivity index (χ1n) is 10.8. The van der Waals surface area contributed by atoms with E-state index in [2.05, 4.69) is 9.88 Å². The van der Waals surface area contributed by atoms with Crippen LogP contribution in [0.4, 0.5) is 5.13 Å². The number of carbonyl (C=O) groups is 1. The Morgan fingerprint density at radius 1 is 1.18 bits per heavy atom. The third-order valence-corrected chi connectivity index (χ3v) is 10.4. The summed E-state index contributed by atoms with van der Waals surface area (Å²) in [5, 5.41) is 2.98. The number of halogens is 1. The van der Waals surface area contributed by atoms with E-state index in [-0.39, 0.29) is 11.8 Å². The maximum Gasteiger partial charge on any atom is 0.252 e. The first-order chi connectivity index (χ1) is 15.8. The van der Waals surface area contributed by atoms with Crippen molar-refractivity contribution in [2.75, 3.05) is 45.2 Å². The molecular formula is C22H27ClN4O3S3. The van der Waals surface area contributed by atoms with Crippen molar-refractivity contribution in [1.29, 1.82) is 0 Å². The second-order valence-electron chi connectivity index (χ2n) is 8.34. The van der Waals surface area contributed by atoms with Crippen LogP contribution in [0.5, 0.6) is 0 Å². The van der Waals surface area contributed by atoms with Crippen LogP contribution in [0.1, 0.15) is 19.3 Å². The van der Waals surface area contributed by atoms with Crippen LogP contribution in [-0.4, -0.2) is 68.8 Å². The van der Waals surface area contributed by atoms with Crippen molar-refractivity contribution in [3.05, 3.63) is 40.7 Å². The van der Waals surface area contributed by atoms with Crippen LogP contribution in [0.3, 0.4) is 0 Å². The highest BCUT2D eigenvalue weighted by Gasteiger charge is 2.35. The van der Waals surface area contributed by atoms with E-state index in [1.165, 1.54) is 27.0 Å². The number of hydrogen-bond acceptors (Lipinski definition) is 7. The van der Waals surface area contributed by atoms with Gasteiger partial charge in [-0.2, -0.15) is 4.31 Å². The summed E-state index contributed by atoms with van der Waals surface area (Å²) in [7, 11) is 0.525. The fourth-order valence-corrected chi connectivity index (χ4v) is 7.88. The molecule has 0 radical (unpaired) electrons. The van der Waals surface area contributed by atoms with Gasteiger partial charge in [0.15, 0.2) is 5.13 Å². The number of nitrogens with zero attached hydrogens (tertiary/aromatic N) is 4. The molecule has 0 bridgehead atoms. The second kappa shape index (κ2) is 10.4. The summed E-state index contributed by atoms with van der Waals surface area (Å²) >= 11 is 9.01. The number of thiazole rings is 1. The Balaban J connectivity index is 1.51. The maximum atomic E-state index is 13.6. The molecule has 1 saturated heterocycles. The van der Waals surface area contributed by atoms with E-state index in [1.54, 1.807) is 28.5 Å². The van der Waals surface area contributed by atoms with Gasteiger partial charge in [0.25, 0.3) is 10.0 Å². The summed E-state index contributed by atoms with van der Waals surface area (Å²) < 4.78 is 28.5. The summed E-state index contributed by atoms with van der Waals surface area (Å²) in [6.45, 7) is 2.09. The van der Waals surface area contributed by atoms with Crippen molar-refractivity contribution in [3.63, 3.8) is 0 Å². The lowest BCUT2D eigenvalue weighted by Crippen LogP contribution is -2.45. The van der Waals surface area contributed by atoms with Gasteiger partial charge in [0.05, 0.1) is 9.72 Å². The number of para-hydroxylation sites is 1. The number of anilines is 1. The molecule has 4 rings (SSSR count). The Morgan fingerprint density at radius 3 is 2.58 bits per heavy atom. The molecule has 11 heteroatoms. The predicted octanol–water partition coefficient (Wildman–Crippen LogP) is 4.40. The van der Waals surface area contributed by atoms with Gasteiger partial charge >= 0.3 is 0 Å². The van der Waals surface area contributed by atoms with Gasteiger partial charge < -0.3 is 4.90 Å². The zero-order valence-corrected chi connectivity index (χ0v) is 21.8. The molecule has 3 aromatic rings. The number of aromatic nitrogens is 1. The Morgan fingerprint density at radius 2 is 1.94 bits per heavy atom. The summed E-state index contributed by atoms with van der Waals surface area (Å²) in [5.41, 5.74) is 0.710. The van der Waals surface area contributed by atoms with Gasteiger partial charge in [-0.15, -0.1) is 11.3 Å². The number of amides is 1. The molecule has 0 spiro atoms. The average molecular weight is 527 g/mol. The molecule has 178 valence electrons. The molecule has 3 heterocycles. The lowest BCUT2D eigenvalue weighted by atomic mass is 9.96. The lowest BCUT2D eigenvalue weighted by Gasteiger charge is -2.32. The van der Waals surface area contributed by atoms with Gasteiger partial charge in [-0.1, -0.05) is 35.1 Å². The Bertz CT molecular complexity index is 1200. The lowest BCUT2D eigenvalue weighted by molar-refractivity contribution is -0.123. The van der Waals surface area contributed by atoms with Crippen molar-refractivity contribution in [2.45, 2.75) is 23.5 Å².